The van der Waals surface area contributed by atoms with Crippen molar-refractivity contribution in [2.75, 3.05) is 26.2 Å². The van der Waals surface area contributed by atoms with Crippen molar-refractivity contribution in [3.8, 4) is 6.07 Å². The molecule has 1 heterocycles. The third-order valence-electron chi connectivity index (χ3n) is 4.11. The molecule has 3 heteroatoms. The van der Waals surface area contributed by atoms with Crippen LogP contribution in [0.25, 0.3) is 0 Å². The molecule has 1 atom stereocenters. The van der Waals surface area contributed by atoms with E-state index in [9.17, 15) is 5.26 Å². The van der Waals surface area contributed by atoms with Crippen LogP contribution in [0.3, 0.4) is 0 Å². The molecule has 0 amide bonds. The minimum Gasteiger partial charge on any atom is -0.314 e. The first-order chi connectivity index (χ1) is 9.86. The molecule has 1 fully saturated rings. The zero-order valence-electron chi connectivity index (χ0n) is 12.4. The summed E-state index contributed by atoms with van der Waals surface area (Å²) in [7, 11) is 0. The van der Waals surface area contributed by atoms with E-state index >= 15 is 0 Å². The molecule has 108 valence electrons. The van der Waals surface area contributed by atoms with Crippen LogP contribution in [0.15, 0.2) is 24.3 Å². The van der Waals surface area contributed by atoms with Crippen LogP contribution in [0.1, 0.15) is 49.8 Å². The van der Waals surface area contributed by atoms with Crippen LogP contribution in [0.4, 0.5) is 0 Å². The predicted octanol–water partition coefficient (Wildman–Crippen LogP) is 3.08. The topological polar surface area (TPSA) is 39.1 Å². The number of hydrogen-bond donors (Lipinski definition) is 1. The van der Waals surface area contributed by atoms with Crippen LogP contribution in [-0.4, -0.2) is 31.1 Å². The number of unbranched alkanes of at least 4 members (excludes halogenated alkanes) is 2. The molecule has 1 aromatic rings. The first-order valence-corrected chi connectivity index (χ1v) is 7.80. The molecule has 0 saturated carbocycles. The van der Waals surface area contributed by atoms with Crippen molar-refractivity contribution in [1.82, 2.24) is 10.2 Å². The van der Waals surface area contributed by atoms with E-state index < -0.39 is 0 Å². The number of nitrogens with zero attached hydrogens (tertiary/aromatic N) is 2. The number of hydrogen-bond acceptors (Lipinski definition) is 3. The molecular weight excluding hydrogens is 246 g/mol. The summed E-state index contributed by atoms with van der Waals surface area (Å²) < 4.78 is 0. The molecule has 1 aliphatic heterocycles. The van der Waals surface area contributed by atoms with Gasteiger partial charge < -0.3 is 5.32 Å². The predicted molar refractivity (Wildman–Crippen MR) is 82.5 cm³/mol. The van der Waals surface area contributed by atoms with Gasteiger partial charge in [0.15, 0.2) is 0 Å². The summed E-state index contributed by atoms with van der Waals surface area (Å²) in [5, 5.41) is 12.8. The highest BCUT2D eigenvalue weighted by molar-refractivity contribution is 5.39. The maximum Gasteiger partial charge on any atom is 0.0995 e. The van der Waals surface area contributed by atoms with Gasteiger partial charge >= 0.3 is 0 Å². The largest absolute Gasteiger partial charge is 0.314 e. The van der Waals surface area contributed by atoms with Gasteiger partial charge in [-0.3, -0.25) is 4.90 Å². The van der Waals surface area contributed by atoms with Crippen molar-refractivity contribution in [1.29, 1.82) is 5.26 Å². The van der Waals surface area contributed by atoms with Gasteiger partial charge in [-0.15, -0.1) is 0 Å². The van der Waals surface area contributed by atoms with E-state index in [1.807, 2.05) is 12.1 Å². The van der Waals surface area contributed by atoms with Crippen molar-refractivity contribution in [2.45, 2.75) is 38.6 Å². The molecule has 3 nitrogen and oxygen atoms in total. The summed E-state index contributed by atoms with van der Waals surface area (Å²) in [6, 6.07) is 10.9. The van der Waals surface area contributed by atoms with Crippen LogP contribution in [0.2, 0.25) is 0 Å². The summed E-state index contributed by atoms with van der Waals surface area (Å²) in [6.07, 6.45) is 4.92. The Balaban J connectivity index is 2.18. The van der Waals surface area contributed by atoms with Crippen LogP contribution in [0, 0.1) is 11.3 Å². The van der Waals surface area contributed by atoms with E-state index in [-0.39, 0.29) is 0 Å². The molecule has 0 radical (unpaired) electrons. The Hall–Kier alpha value is -1.37. The van der Waals surface area contributed by atoms with Crippen LogP contribution >= 0.6 is 0 Å². The van der Waals surface area contributed by atoms with E-state index in [1.165, 1.54) is 24.8 Å². The molecule has 0 bridgehead atoms. The fraction of sp³-hybridized carbons (Fsp3) is 0.588. The molecule has 20 heavy (non-hydrogen) atoms. The molecule has 0 spiro atoms. The molecule has 2 rings (SSSR count). The maximum absolute atomic E-state index is 9.36. The summed E-state index contributed by atoms with van der Waals surface area (Å²) >= 11 is 0. The first-order valence-electron chi connectivity index (χ1n) is 7.80. The Labute approximate surface area is 122 Å². The second-order valence-corrected chi connectivity index (χ2v) is 5.50. The van der Waals surface area contributed by atoms with E-state index in [4.69, 9.17) is 0 Å². The lowest BCUT2D eigenvalue weighted by Gasteiger charge is -2.35. The Bertz CT molecular complexity index is 444. The minimum absolute atomic E-state index is 0.402. The summed E-state index contributed by atoms with van der Waals surface area (Å²) in [4.78, 5) is 2.54. The first kappa shape index (κ1) is 15.0. The highest BCUT2D eigenvalue weighted by Gasteiger charge is 2.23. The number of piperazine rings is 1. The Morgan fingerprint density at radius 3 is 2.70 bits per heavy atom. The van der Waals surface area contributed by atoms with E-state index in [0.717, 1.165) is 38.2 Å². The van der Waals surface area contributed by atoms with Crippen molar-refractivity contribution in [3.05, 3.63) is 35.4 Å². The number of nitriles is 1. The van der Waals surface area contributed by atoms with E-state index in [2.05, 4.69) is 35.3 Å². The van der Waals surface area contributed by atoms with Gasteiger partial charge in [-0.05, 0) is 18.1 Å². The second-order valence-electron chi connectivity index (χ2n) is 5.50. The molecule has 1 N–H and O–H groups in total. The molecule has 1 saturated heterocycles. The summed E-state index contributed by atoms with van der Waals surface area (Å²) in [5.41, 5.74) is 2.06. The third kappa shape index (κ3) is 3.82. The average molecular weight is 271 g/mol. The van der Waals surface area contributed by atoms with E-state index in [1.54, 1.807) is 0 Å². The standard InChI is InChI=1S/C17H25N3/c1-2-3-4-9-17(20-12-10-19-11-13-20)16-8-6-5-7-15(16)14-18/h5-8,17,19H,2-4,9-13H2,1H3/t17-/m1/s1. The lowest BCUT2D eigenvalue weighted by atomic mass is 9.94. The van der Waals surface area contributed by atoms with Gasteiger partial charge in [0.2, 0.25) is 0 Å². The lowest BCUT2D eigenvalue weighted by molar-refractivity contribution is 0.162. The van der Waals surface area contributed by atoms with E-state index in [0.29, 0.717) is 6.04 Å². The molecule has 1 aromatic carbocycles. The summed E-state index contributed by atoms with van der Waals surface area (Å²) in [6.45, 7) is 6.51. The zero-order chi connectivity index (χ0) is 14.2. The smallest absolute Gasteiger partial charge is 0.0995 e. The van der Waals surface area contributed by atoms with Crippen molar-refractivity contribution in [3.63, 3.8) is 0 Å². The molecule has 0 aromatic heterocycles. The van der Waals surface area contributed by atoms with Gasteiger partial charge in [-0.25, -0.2) is 0 Å². The molecular formula is C17H25N3. The van der Waals surface area contributed by atoms with Crippen LogP contribution < -0.4 is 5.32 Å². The molecule has 0 aliphatic carbocycles. The SMILES string of the molecule is CCCCC[C@H](c1ccccc1C#N)N1CCNCC1. The fourth-order valence-corrected chi connectivity index (χ4v) is 3.01. The zero-order valence-corrected chi connectivity index (χ0v) is 12.4. The maximum atomic E-state index is 9.36. The van der Waals surface area contributed by atoms with Gasteiger partial charge in [0, 0.05) is 32.2 Å². The van der Waals surface area contributed by atoms with Gasteiger partial charge in [-0.2, -0.15) is 5.26 Å². The average Bonchev–Trinajstić information content (AvgIpc) is 2.52. The van der Waals surface area contributed by atoms with Gasteiger partial charge in [0.05, 0.1) is 11.6 Å². The Kier molecular flexibility index (Phi) is 6.04. The molecule has 1 aliphatic rings. The van der Waals surface area contributed by atoms with Gasteiger partial charge in [0.1, 0.15) is 0 Å². The third-order valence-corrected chi connectivity index (χ3v) is 4.11. The van der Waals surface area contributed by atoms with Gasteiger partial charge in [0.25, 0.3) is 0 Å². The number of benzene rings is 1. The number of nitrogens with one attached hydrogen (secondary N) is 1. The number of rotatable bonds is 6. The Morgan fingerprint density at radius 1 is 1.25 bits per heavy atom. The highest BCUT2D eigenvalue weighted by Crippen LogP contribution is 2.29. The Morgan fingerprint density at radius 2 is 2.00 bits per heavy atom. The molecule has 0 unspecified atom stereocenters. The second kappa shape index (κ2) is 8.04. The summed E-state index contributed by atoms with van der Waals surface area (Å²) in [5.74, 6) is 0. The fourth-order valence-electron chi connectivity index (χ4n) is 3.01. The van der Waals surface area contributed by atoms with Crippen molar-refractivity contribution in [2.24, 2.45) is 0 Å². The van der Waals surface area contributed by atoms with Crippen LogP contribution in [-0.2, 0) is 0 Å². The van der Waals surface area contributed by atoms with Crippen molar-refractivity contribution < 1.29 is 0 Å². The minimum atomic E-state index is 0.402. The highest BCUT2D eigenvalue weighted by atomic mass is 15.2. The van der Waals surface area contributed by atoms with Crippen LogP contribution in [0.5, 0.6) is 0 Å². The quantitative estimate of drug-likeness (QED) is 0.808. The monoisotopic (exact) mass is 271 g/mol. The lowest BCUT2D eigenvalue weighted by Crippen LogP contribution is -2.45. The van der Waals surface area contributed by atoms with Crippen molar-refractivity contribution >= 4 is 0 Å². The normalized spacial score (nSPS) is 17.6. The van der Waals surface area contributed by atoms with Gasteiger partial charge in [-0.1, -0.05) is 44.4 Å².